The van der Waals surface area contributed by atoms with Crippen molar-refractivity contribution in [3.05, 3.63) is 62.0 Å². The Bertz CT molecular complexity index is 862. The topological polar surface area (TPSA) is 96.0 Å². The number of nitro benzene ring substituents is 1. The highest BCUT2D eigenvalue weighted by molar-refractivity contribution is 7.16. The number of amides is 1. The van der Waals surface area contributed by atoms with Crippen molar-refractivity contribution < 1.29 is 9.72 Å². The molecule has 0 atom stereocenters. The van der Waals surface area contributed by atoms with Crippen molar-refractivity contribution in [3.8, 4) is 6.07 Å². The quantitative estimate of drug-likeness (QED) is 0.504. The third kappa shape index (κ3) is 3.86. The number of carbonyl (C=O) groups excluding carboxylic acids is 1. The van der Waals surface area contributed by atoms with E-state index in [0.717, 1.165) is 16.9 Å². The number of nitrogens with one attached hydrogen (secondary N) is 1. The van der Waals surface area contributed by atoms with Crippen LogP contribution in [0.25, 0.3) is 6.08 Å². The van der Waals surface area contributed by atoms with Crippen LogP contribution in [0.15, 0.2) is 30.3 Å². The second-order valence-corrected chi connectivity index (χ2v) is 6.21. The van der Waals surface area contributed by atoms with Crippen LogP contribution in [0.4, 0.5) is 10.7 Å². The van der Waals surface area contributed by atoms with Crippen LogP contribution >= 0.6 is 11.3 Å². The highest BCUT2D eigenvalue weighted by Crippen LogP contribution is 2.32. The van der Waals surface area contributed by atoms with Crippen molar-refractivity contribution in [2.45, 2.75) is 20.3 Å². The zero-order valence-electron chi connectivity index (χ0n) is 13.2. The van der Waals surface area contributed by atoms with Crippen molar-refractivity contribution in [2.75, 3.05) is 5.32 Å². The molecule has 0 saturated heterocycles. The summed E-state index contributed by atoms with van der Waals surface area (Å²) in [6.07, 6.45) is 3.51. The highest BCUT2D eigenvalue weighted by Gasteiger charge is 2.15. The standard InChI is InChI=1S/C17H15N3O3S/c1-3-14-11(2)24-17(15(14)10-18)19-16(21)8-7-12-5-4-6-13(9-12)20(22)23/h4-9H,3H2,1-2H3,(H,19,21)/b8-7-. The maximum Gasteiger partial charge on any atom is 0.270 e. The van der Waals surface area contributed by atoms with Gasteiger partial charge in [-0.05, 0) is 30.5 Å². The average Bonchev–Trinajstić information content (AvgIpc) is 2.87. The average molecular weight is 341 g/mol. The number of hydrogen-bond donors (Lipinski definition) is 1. The van der Waals surface area contributed by atoms with Gasteiger partial charge in [0, 0.05) is 23.1 Å². The molecule has 1 amide bonds. The van der Waals surface area contributed by atoms with Gasteiger partial charge in [-0.2, -0.15) is 5.26 Å². The van der Waals surface area contributed by atoms with E-state index in [4.69, 9.17) is 0 Å². The summed E-state index contributed by atoms with van der Waals surface area (Å²) in [5.74, 6) is -0.387. The molecule has 2 aromatic rings. The maximum atomic E-state index is 12.0. The van der Waals surface area contributed by atoms with Gasteiger partial charge in [-0.25, -0.2) is 0 Å². The lowest BCUT2D eigenvalue weighted by molar-refractivity contribution is -0.384. The number of hydrogen-bond acceptors (Lipinski definition) is 5. The summed E-state index contributed by atoms with van der Waals surface area (Å²) in [5.41, 5.74) is 1.96. The molecule has 1 aromatic heterocycles. The molecule has 7 heteroatoms. The first kappa shape index (κ1) is 17.4. The Balaban J connectivity index is 2.16. The smallest absolute Gasteiger partial charge is 0.270 e. The van der Waals surface area contributed by atoms with Crippen molar-refractivity contribution in [1.29, 1.82) is 5.26 Å². The number of rotatable bonds is 5. The van der Waals surface area contributed by atoms with Gasteiger partial charge in [0.15, 0.2) is 0 Å². The summed E-state index contributed by atoms with van der Waals surface area (Å²) in [5, 5.41) is 23.2. The molecule has 6 nitrogen and oxygen atoms in total. The van der Waals surface area contributed by atoms with Crippen molar-refractivity contribution in [2.24, 2.45) is 0 Å². The molecule has 0 bridgehead atoms. The molecule has 1 heterocycles. The van der Waals surface area contributed by atoms with Crippen LogP contribution in [0.1, 0.15) is 28.5 Å². The normalized spacial score (nSPS) is 10.5. The Morgan fingerprint density at radius 1 is 1.50 bits per heavy atom. The van der Waals surface area contributed by atoms with Crippen LogP contribution < -0.4 is 5.32 Å². The van der Waals surface area contributed by atoms with E-state index in [1.54, 1.807) is 12.1 Å². The van der Waals surface area contributed by atoms with Gasteiger partial charge in [0.2, 0.25) is 5.91 Å². The van der Waals surface area contributed by atoms with Gasteiger partial charge in [-0.3, -0.25) is 14.9 Å². The van der Waals surface area contributed by atoms with Crippen LogP contribution in [0.2, 0.25) is 0 Å². The first-order valence-electron chi connectivity index (χ1n) is 7.22. The lowest BCUT2D eigenvalue weighted by Gasteiger charge is -2.00. The molecule has 0 fully saturated rings. The molecule has 0 radical (unpaired) electrons. The molecule has 0 spiro atoms. The zero-order valence-corrected chi connectivity index (χ0v) is 14.0. The monoisotopic (exact) mass is 341 g/mol. The van der Waals surface area contributed by atoms with Crippen molar-refractivity contribution >= 4 is 34.0 Å². The number of carbonyl (C=O) groups is 1. The SMILES string of the molecule is CCc1c(C)sc(NC(=O)/C=C\c2cccc([N+](=O)[O-])c2)c1C#N. The third-order valence-corrected chi connectivity index (χ3v) is 4.48. The molecule has 0 aliphatic heterocycles. The Labute approximate surface area is 143 Å². The number of thiophene rings is 1. The molecule has 0 aliphatic carbocycles. The molecule has 1 N–H and O–H groups in total. The van der Waals surface area contributed by atoms with Crippen LogP contribution in [0.5, 0.6) is 0 Å². The van der Waals surface area contributed by atoms with E-state index in [9.17, 15) is 20.2 Å². The van der Waals surface area contributed by atoms with Gasteiger partial charge >= 0.3 is 0 Å². The first-order valence-corrected chi connectivity index (χ1v) is 8.03. The predicted molar refractivity (Wildman–Crippen MR) is 93.9 cm³/mol. The van der Waals surface area contributed by atoms with Crippen LogP contribution in [0.3, 0.4) is 0 Å². The number of aryl methyl sites for hydroxylation is 1. The largest absolute Gasteiger partial charge is 0.313 e. The molecule has 1 aromatic carbocycles. The summed E-state index contributed by atoms with van der Waals surface area (Å²) in [4.78, 5) is 23.3. The number of nitrogens with zero attached hydrogens (tertiary/aromatic N) is 2. The number of anilines is 1. The van der Waals surface area contributed by atoms with Crippen molar-refractivity contribution in [1.82, 2.24) is 0 Å². The summed E-state index contributed by atoms with van der Waals surface area (Å²) < 4.78 is 0. The van der Waals surface area contributed by atoms with E-state index < -0.39 is 4.92 Å². The molecular formula is C17H15N3O3S. The van der Waals surface area contributed by atoms with Crippen molar-refractivity contribution in [3.63, 3.8) is 0 Å². The molecule has 0 unspecified atom stereocenters. The summed E-state index contributed by atoms with van der Waals surface area (Å²) in [6.45, 7) is 3.88. The Kier molecular flexibility index (Phi) is 5.45. The maximum absolute atomic E-state index is 12.0. The Hall–Kier alpha value is -2.98. The molecule has 122 valence electrons. The summed E-state index contributed by atoms with van der Waals surface area (Å²) in [6, 6.07) is 8.13. The predicted octanol–water partition coefficient (Wildman–Crippen LogP) is 4.05. The fourth-order valence-corrected chi connectivity index (χ4v) is 3.38. The molecule has 0 aliphatic rings. The zero-order chi connectivity index (χ0) is 17.7. The van der Waals surface area contributed by atoms with Gasteiger partial charge in [0.1, 0.15) is 11.1 Å². The second-order valence-electron chi connectivity index (χ2n) is 4.98. The Morgan fingerprint density at radius 2 is 2.25 bits per heavy atom. The number of nitriles is 1. The lowest BCUT2D eigenvalue weighted by atomic mass is 10.1. The van der Waals surface area contributed by atoms with E-state index in [0.29, 0.717) is 16.1 Å². The van der Waals surface area contributed by atoms with Gasteiger partial charge in [0.05, 0.1) is 10.5 Å². The lowest BCUT2D eigenvalue weighted by Crippen LogP contribution is -2.07. The second kappa shape index (κ2) is 7.53. The third-order valence-electron chi connectivity index (χ3n) is 3.42. The number of nitro groups is 1. The van der Waals surface area contributed by atoms with Crippen LogP contribution in [0, 0.1) is 28.4 Å². The summed E-state index contributed by atoms with van der Waals surface area (Å²) >= 11 is 1.37. The number of non-ortho nitro benzene ring substituents is 1. The van der Waals surface area contributed by atoms with E-state index >= 15 is 0 Å². The minimum absolute atomic E-state index is 0.0363. The van der Waals surface area contributed by atoms with Gasteiger partial charge in [-0.15, -0.1) is 11.3 Å². The van der Waals surface area contributed by atoms with E-state index in [1.807, 2.05) is 13.8 Å². The molecule has 0 saturated carbocycles. The van der Waals surface area contributed by atoms with Gasteiger partial charge in [0.25, 0.3) is 5.69 Å². The van der Waals surface area contributed by atoms with Gasteiger partial charge < -0.3 is 5.32 Å². The van der Waals surface area contributed by atoms with Crippen LogP contribution in [-0.4, -0.2) is 10.8 Å². The molecule has 2 rings (SSSR count). The van der Waals surface area contributed by atoms with Gasteiger partial charge in [-0.1, -0.05) is 19.1 Å². The minimum Gasteiger partial charge on any atom is -0.313 e. The van der Waals surface area contributed by atoms with E-state index in [1.165, 1.54) is 35.6 Å². The van der Waals surface area contributed by atoms with Crippen LogP contribution in [-0.2, 0) is 11.2 Å². The summed E-state index contributed by atoms with van der Waals surface area (Å²) in [7, 11) is 0. The molecule has 24 heavy (non-hydrogen) atoms. The first-order chi connectivity index (χ1) is 11.5. The minimum atomic E-state index is -0.489. The number of benzene rings is 1. The highest BCUT2D eigenvalue weighted by atomic mass is 32.1. The fraction of sp³-hybridized carbons (Fsp3) is 0.176. The Morgan fingerprint density at radius 3 is 2.88 bits per heavy atom. The fourth-order valence-electron chi connectivity index (χ4n) is 2.28. The molecular weight excluding hydrogens is 326 g/mol. The van der Waals surface area contributed by atoms with E-state index in [2.05, 4.69) is 11.4 Å². The van der Waals surface area contributed by atoms with E-state index in [-0.39, 0.29) is 11.6 Å².